The van der Waals surface area contributed by atoms with E-state index in [0.717, 1.165) is 29.5 Å². The molecule has 0 radical (unpaired) electrons. The molecule has 118 valence electrons. The van der Waals surface area contributed by atoms with E-state index < -0.39 is 0 Å². The Hall–Kier alpha value is -1.69. The van der Waals surface area contributed by atoms with Gasteiger partial charge >= 0.3 is 5.97 Å². The van der Waals surface area contributed by atoms with Gasteiger partial charge in [-0.25, -0.2) is 4.98 Å². The molecule has 22 heavy (non-hydrogen) atoms. The first kappa shape index (κ1) is 15.2. The maximum atomic E-state index is 12.7. The average molecular weight is 320 g/mol. The lowest BCUT2D eigenvalue weighted by atomic mass is 9.89. The summed E-state index contributed by atoms with van der Waals surface area (Å²) in [5, 5.41) is 0.762. The van der Waals surface area contributed by atoms with Gasteiger partial charge in [0.05, 0.1) is 24.7 Å². The van der Waals surface area contributed by atoms with E-state index in [9.17, 15) is 9.59 Å². The normalized spacial score (nSPS) is 17.5. The second kappa shape index (κ2) is 6.20. The summed E-state index contributed by atoms with van der Waals surface area (Å²) in [6.45, 7) is 4.71. The quantitative estimate of drug-likeness (QED) is 0.812. The molecule has 0 amide bonds. The Morgan fingerprint density at radius 1 is 1.55 bits per heavy atom. The van der Waals surface area contributed by atoms with Crippen LogP contribution in [0.1, 0.15) is 37.1 Å². The fraction of sp³-hybridized carbons (Fsp3) is 0.562. The zero-order valence-electron chi connectivity index (χ0n) is 12.9. The van der Waals surface area contributed by atoms with E-state index in [-0.39, 0.29) is 17.9 Å². The highest BCUT2D eigenvalue weighted by atomic mass is 32.1. The Morgan fingerprint density at radius 3 is 3.14 bits per heavy atom. The smallest absolute Gasteiger partial charge is 0.307 e. The van der Waals surface area contributed by atoms with Crippen molar-refractivity contribution in [2.24, 2.45) is 5.92 Å². The fourth-order valence-electron chi connectivity index (χ4n) is 2.97. The van der Waals surface area contributed by atoms with Gasteiger partial charge in [-0.3, -0.25) is 14.2 Å². The summed E-state index contributed by atoms with van der Waals surface area (Å²) in [6.07, 6.45) is 4.86. The van der Waals surface area contributed by atoms with Gasteiger partial charge in [-0.2, -0.15) is 0 Å². The van der Waals surface area contributed by atoms with E-state index in [2.05, 4.69) is 11.9 Å². The lowest BCUT2D eigenvalue weighted by molar-refractivity contribution is -0.143. The topological polar surface area (TPSA) is 61.2 Å². The highest BCUT2D eigenvalue weighted by Gasteiger charge is 2.23. The van der Waals surface area contributed by atoms with Gasteiger partial charge in [0.25, 0.3) is 5.56 Å². The van der Waals surface area contributed by atoms with Crippen LogP contribution in [-0.4, -0.2) is 22.1 Å². The Bertz CT molecular complexity index is 763. The lowest BCUT2D eigenvalue weighted by Crippen LogP contribution is -2.23. The van der Waals surface area contributed by atoms with Crippen molar-refractivity contribution >= 4 is 27.5 Å². The standard InChI is InChI=1S/C16H20N2O3S/c1-3-21-13(19)6-7-18-9-17-15-14(16(18)20)11-5-4-10(2)8-12(11)22-15/h9-10H,3-8H2,1-2H3/t10-/m1/s1. The van der Waals surface area contributed by atoms with E-state index in [1.165, 1.54) is 15.0 Å². The molecule has 1 aliphatic carbocycles. The molecule has 2 aromatic heterocycles. The van der Waals surface area contributed by atoms with Crippen molar-refractivity contribution in [1.82, 2.24) is 9.55 Å². The number of nitrogens with zero attached hydrogens (tertiary/aromatic N) is 2. The lowest BCUT2D eigenvalue weighted by Gasteiger charge is -2.17. The summed E-state index contributed by atoms with van der Waals surface area (Å²) < 4.78 is 6.44. The van der Waals surface area contributed by atoms with E-state index in [0.29, 0.717) is 19.1 Å². The van der Waals surface area contributed by atoms with E-state index >= 15 is 0 Å². The van der Waals surface area contributed by atoms with Crippen LogP contribution in [0.4, 0.5) is 0 Å². The van der Waals surface area contributed by atoms with Gasteiger partial charge in [0.1, 0.15) is 4.83 Å². The number of fused-ring (bicyclic) bond motifs is 3. The number of hydrogen-bond donors (Lipinski definition) is 0. The molecule has 0 bridgehead atoms. The molecule has 1 atom stereocenters. The van der Waals surface area contributed by atoms with Crippen molar-refractivity contribution in [3.8, 4) is 0 Å². The third kappa shape index (κ3) is 2.79. The number of hydrogen-bond acceptors (Lipinski definition) is 5. The molecule has 5 nitrogen and oxygen atoms in total. The first-order valence-electron chi connectivity index (χ1n) is 7.75. The summed E-state index contributed by atoms with van der Waals surface area (Å²) in [7, 11) is 0. The molecule has 2 aromatic rings. The monoisotopic (exact) mass is 320 g/mol. The molecule has 0 aliphatic heterocycles. The molecule has 2 heterocycles. The van der Waals surface area contributed by atoms with Gasteiger partial charge in [-0.15, -0.1) is 11.3 Å². The van der Waals surface area contributed by atoms with Crippen LogP contribution in [0.2, 0.25) is 0 Å². The van der Waals surface area contributed by atoms with E-state index in [4.69, 9.17) is 4.74 Å². The molecule has 3 rings (SSSR count). The molecule has 0 fully saturated rings. The molecule has 0 unspecified atom stereocenters. The SMILES string of the molecule is CCOC(=O)CCn1cnc2sc3c(c2c1=O)CC[C@@H](C)C3. The van der Waals surface area contributed by atoms with Crippen LogP contribution in [-0.2, 0) is 28.9 Å². The van der Waals surface area contributed by atoms with Gasteiger partial charge in [-0.1, -0.05) is 6.92 Å². The Labute approximate surface area is 132 Å². The van der Waals surface area contributed by atoms with Crippen LogP contribution in [0, 0.1) is 5.92 Å². The molecule has 0 spiro atoms. The van der Waals surface area contributed by atoms with Crippen molar-refractivity contribution in [1.29, 1.82) is 0 Å². The molecular weight excluding hydrogens is 300 g/mol. The van der Waals surface area contributed by atoms with E-state index in [1.807, 2.05) is 0 Å². The number of carbonyl (C=O) groups is 1. The predicted molar refractivity (Wildman–Crippen MR) is 86.3 cm³/mol. The van der Waals surface area contributed by atoms with Crippen LogP contribution in [0.5, 0.6) is 0 Å². The van der Waals surface area contributed by atoms with Crippen LogP contribution in [0.15, 0.2) is 11.1 Å². The van der Waals surface area contributed by atoms with Crippen LogP contribution < -0.4 is 5.56 Å². The molecule has 0 saturated carbocycles. The Balaban J connectivity index is 1.92. The first-order valence-corrected chi connectivity index (χ1v) is 8.57. The fourth-order valence-corrected chi connectivity index (χ4v) is 4.31. The maximum Gasteiger partial charge on any atom is 0.307 e. The summed E-state index contributed by atoms with van der Waals surface area (Å²) in [4.78, 5) is 30.7. The Morgan fingerprint density at radius 2 is 2.36 bits per heavy atom. The second-order valence-electron chi connectivity index (χ2n) is 5.83. The zero-order chi connectivity index (χ0) is 15.7. The minimum absolute atomic E-state index is 0.0265. The third-order valence-electron chi connectivity index (χ3n) is 4.14. The van der Waals surface area contributed by atoms with Crippen molar-refractivity contribution in [3.63, 3.8) is 0 Å². The van der Waals surface area contributed by atoms with Gasteiger partial charge in [0, 0.05) is 11.4 Å². The van der Waals surface area contributed by atoms with Gasteiger partial charge in [0.15, 0.2) is 0 Å². The number of ether oxygens (including phenoxy) is 1. The molecule has 1 aliphatic rings. The number of rotatable bonds is 4. The van der Waals surface area contributed by atoms with Crippen LogP contribution >= 0.6 is 11.3 Å². The minimum atomic E-state index is -0.282. The molecule has 0 aromatic carbocycles. The number of carbonyl (C=O) groups excluding carboxylic acids is 1. The van der Waals surface area contributed by atoms with Crippen LogP contribution in [0.3, 0.4) is 0 Å². The average Bonchev–Trinajstić information content (AvgIpc) is 2.85. The Kier molecular flexibility index (Phi) is 4.29. The minimum Gasteiger partial charge on any atom is -0.466 e. The van der Waals surface area contributed by atoms with Crippen molar-refractivity contribution in [2.75, 3.05) is 6.61 Å². The molecule has 0 saturated heterocycles. The molecule has 6 heteroatoms. The van der Waals surface area contributed by atoms with Gasteiger partial charge in [-0.05, 0) is 37.7 Å². The highest BCUT2D eigenvalue weighted by molar-refractivity contribution is 7.18. The summed E-state index contributed by atoms with van der Waals surface area (Å²) in [5.41, 5.74) is 1.16. The second-order valence-corrected chi connectivity index (χ2v) is 6.91. The first-order chi connectivity index (χ1) is 10.6. The van der Waals surface area contributed by atoms with Crippen molar-refractivity contribution < 1.29 is 9.53 Å². The highest BCUT2D eigenvalue weighted by Crippen LogP contribution is 2.35. The third-order valence-corrected chi connectivity index (χ3v) is 5.31. The van der Waals surface area contributed by atoms with Gasteiger partial charge in [0.2, 0.25) is 0 Å². The molecular formula is C16H20N2O3S. The van der Waals surface area contributed by atoms with Crippen molar-refractivity contribution in [2.45, 2.75) is 46.1 Å². The summed E-state index contributed by atoms with van der Waals surface area (Å²) in [6, 6.07) is 0. The number of aryl methyl sites for hydroxylation is 2. The maximum absolute atomic E-state index is 12.7. The molecule has 0 N–H and O–H groups in total. The van der Waals surface area contributed by atoms with Crippen LogP contribution in [0.25, 0.3) is 10.2 Å². The summed E-state index contributed by atoms with van der Waals surface area (Å²) in [5.74, 6) is 0.391. The van der Waals surface area contributed by atoms with E-state index in [1.54, 1.807) is 24.6 Å². The predicted octanol–water partition coefficient (Wildman–Crippen LogP) is 2.54. The number of esters is 1. The van der Waals surface area contributed by atoms with Gasteiger partial charge < -0.3 is 4.74 Å². The number of aromatic nitrogens is 2. The largest absolute Gasteiger partial charge is 0.466 e. The zero-order valence-corrected chi connectivity index (χ0v) is 13.7. The summed E-state index contributed by atoms with van der Waals surface area (Å²) >= 11 is 1.64. The number of thiophene rings is 1. The van der Waals surface area contributed by atoms with Crippen molar-refractivity contribution in [3.05, 3.63) is 27.1 Å².